The van der Waals surface area contributed by atoms with Gasteiger partial charge in [0.2, 0.25) is 0 Å². The van der Waals surface area contributed by atoms with Gasteiger partial charge in [0.05, 0.1) is 11.5 Å². The quantitative estimate of drug-likeness (QED) is 0.709. The van der Waals surface area contributed by atoms with Gasteiger partial charge in [0, 0.05) is 6.54 Å². The first kappa shape index (κ1) is 13.0. The summed E-state index contributed by atoms with van der Waals surface area (Å²) in [6.07, 6.45) is 5.47. The highest BCUT2D eigenvalue weighted by molar-refractivity contribution is 7.91. The molecule has 1 rings (SSSR count). The summed E-state index contributed by atoms with van der Waals surface area (Å²) in [6, 6.07) is 0. The van der Waals surface area contributed by atoms with Gasteiger partial charge in [-0.15, -0.1) is 0 Å². The Balaban J connectivity index is 2.56. The molecule has 90 valence electrons. The maximum atomic E-state index is 11.5. The van der Waals surface area contributed by atoms with Crippen molar-refractivity contribution in [2.24, 2.45) is 5.41 Å². The molecule has 1 unspecified atom stereocenters. The molecule has 0 aromatic rings. The molecule has 1 heterocycles. The molecular formula is C11H23NO2S. The van der Waals surface area contributed by atoms with Crippen LogP contribution in [0.4, 0.5) is 0 Å². The Kier molecular flexibility index (Phi) is 4.59. The molecule has 0 spiro atoms. The van der Waals surface area contributed by atoms with Crippen LogP contribution in [0.2, 0.25) is 0 Å². The molecule has 0 bridgehead atoms. The molecule has 4 heteroatoms. The first-order valence-electron chi connectivity index (χ1n) is 5.89. The fourth-order valence-electron chi connectivity index (χ4n) is 2.53. The van der Waals surface area contributed by atoms with E-state index in [1.807, 2.05) is 7.05 Å². The van der Waals surface area contributed by atoms with Gasteiger partial charge >= 0.3 is 0 Å². The molecule has 0 amide bonds. The minimum absolute atomic E-state index is 0.0305. The van der Waals surface area contributed by atoms with Crippen LogP contribution in [0.25, 0.3) is 0 Å². The molecule has 3 nitrogen and oxygen atoms in total. The molecule has 1 aliphatic heterocycles. The first-order chi connectivity index (χ1) is 7.04. The van der Waals surface area contributed by atoms with Crippen molar-refractivity contribution >= 4 is 9.84 Å². The van der Waals surface area contributed by atoms with E-state index in [-0.39, 0.29) is 5.41 Å². The van der Waals surface area contributed by atoms with Gasteiger partial charge in [0.15, 0.2) is 9.84 Å². The van der Waals surface area contributed by atoms with Gasteiger partial charge in [-0.1, -0.05) is 26.2 Å². The lowest BCUT2D eigenvalue weighted by Crippen LogP contribution is -2.33. The minimum Gasteiger partial charge on any atom is -0.319 e. The second-order valence-electron chi connectivity index (χ2n) is 4.83. The Morgan fingerprint density at radius 2 is 2.07 bits per heavy atom. The molecule has 0 aromatic carbocycles. The van der Waals surface area contributed by atoms with Crippen molar-refractivity contribution in [2.75, 3.05) is 25.1 Å². The Morgan fingerprint density at radius 3 is 2.53 bits per heavy atom. The van der Waals surface area contributed by atoms with Gasteiger partial charge in [0.25, 0.3) is 0 Å². The lowest BCUT2D eigenvalue weighted by molar-refractivity contribution is 0.286. The molecule has 1 aliphatic rings. The number of rotatable bonds is 6. The third-order valence-electron chi connectivity index (χ3n) is 3.33. The van der Waals surface area contributed by atoms with E-state index in [0.29, 0.717) is 11.5 Å². The molecule has 1 N–H and O–H groups in total. The van der Waals surface area contributed by atoms with Gasteiger partial charge in [0.1, 0.15) is 0 Å². The van der Waals surface area contributed by atoms with Crippen LogP contribution >= 0.6 is 0 Å². The number of hydrogen-bond donors (Lipinski definition) is 1. The van der Waals surface area contributed by atoms with E-state index in [9.17, 15) is 8.42 Å². The Bertz CT molecular complexity index is 287. The maximum absolute atomic E-state index is 11.5. The SMILES string of the molecule is CCCCCC1(CNC)CCS(=O)(=O)C1. The smallest absolute Gasteiger partial charge is 0.150 e. The van der Waals surface area contributed by atoms with E-state index in [1.165, 1.54) is 12.8 Å². The summed E-state index contributed by atoms with van der Waals surface area (Å²) < 4.78 is 23.1. The topological polar surface area (TPSA) is 46.2 Å². The normalized spacial score (nSPS) is 29.5. The van der Waals surface area contributed by atoms with Crippen molar-refractivity contribution in [1.29, 1.82) is 0 Å². The summed E-state index contributed by atoms with van der Waals surface area (Å²) >= 11 is 0. The predicted octanol–water partition coefficient (Wildman–Crippen LogP) is 1.59. The van der Waals surface area contributed by atoms with E-state index in [1.54, 1.807) is 0 Å². The highest BCUT2D eigenvalue weighted by atomic mass is 32.2. The van der Waals surface area contributed by atoms with E-state index in [0.717, 1.165) is 25.8 Å². The first-order valence-corrected chi connectivity index (χ1v) is 7.71. The molecular weight excluding hydrogens is 210 g/mol. The van der Waals surface area contributed by atoms with Gasteiger partial charge in [-0.3, -0.25) is 0 Å². The van der Waals surface area contributed by atoms with Crippen molar-refractivity contribution < 1.29 is 8.42 Å². The van der Waals surface area contributed by atoms with Crippen LogP contribution in [0.3, 0.4) is 0 Å². The lowest BCUT2D eigenvalue weighted by Gasteiger charge is -2.27. The Morgan fingerprint density at radius 1 is 1.33 bits per heavy atom. The number of sulfone groups is 1. The highest BCUT2D eigenvalue weighted by Gasteiger charge is 2.40. The molecule has 0 saturated carbocycles. The van der Waals surface area contributed by atoms with Crippen molar-refractivity contribution in [3.05, 3.63) is 0 Å². The summed E-state index contributed by atoms with van der Waals surface area (Å²) in [5, 5.41) is 3.15. The summed E-state index contributed by atoms with van der Waals surface area (Å²) in [5.74, 6) is 0.783. The monoisotopic (exact) mass is 233 g/mol. The molecule has 0 aliphatic carbocycles. The maximum Gasteiger partial charge on any atom is 0.150 e. The average molecular weight is 233 g/mol. The molecule has 1 atom stereocenters. The van der Waals surface area contributed by atoms with E-state index < -0.39 is 9.84 Å². The zero-order valence-electron chi connectivity index (χ0n) is 9.88. The summed E-state index contributed by atoms with van der Waals surface area (Å²) in [6.45, 7) is 3.02. The standard InChI is InChI=1S/C11H23NO2S/c1-3-4-5-6-11(9-12-2)7-8-15(13,14)10-11/h12H,3-10H2,1-2H3. The van der Waals surface area contributed by atoms with Crippen molar-refractivity contribution in [3.63, 3.8) is 0 Å². The summed E-state index contributed by atoms with van der Waals surface area (Å²) in [4.78, 5) is 0. The molecule has 1 saturated heterocycles. The van der Waals surface area contributed by atoms with E-state index in [4.69, 9.17) is 0 Å². The third-order valence-corrected chi connectivity index (χ3v) is 5.21. The average Bonchev–Trinajstić information content (AvgIpc) is 2.44. The Hall–Kier alpha value is -0.0900. The largest absolute Gasteiger partial charge is 0.319 e. The Labute approximate surface area is 93.6 Å². The summed E-state index contributed by atoms with van der Waals surface area (Å²) in [7, 11) is -0.844. The van der Waals surface area contributed by atoms with Crippen LogP contribution in [0.1, 0.15) is 39.0 Å². The van der Waals surface area contributed by atoms with Crippen molar-refractivity contribution in [3.8, 4) is 0 Å². The van der Waals surface area contributed by atoms with Crippen LogP contribution < -0.4 is 5.32 Å². The van der Waals surface area contributed by atoms with Crippen molar-refractivity contribution in [2.45, 2.75) is 39.0 Å². The second kappa shape index (κ2) is 5.30. The highest BCUT2D eigenvalue weighted by Crippen LogP contribution is 2.36. The van der Waals surface area contributed by atoms with E-state index >= 15 is 0 Å². The van der Waals surface area contributed by atoms with Gasteiger partial charge in [-0.05, 0) is 25.3 Å². The fourth-order valence-corrected chi connectivity index (χ4v) is 4.74. The number of nitrogens with one attached hydrogen (secondary N) is 1. The van der Waals surface area contributed by atoms with Gasteiger partial charge < -0.3 is 5.32 Å². The third kappa shape index (κ3) is 3.76. The fraction of sp³-hybridized carbons (Fsp3) is 1.00. The zero-order chi connectivity index (χ0) is 11.4. The van der Waals surface area contributed by atoms with Gasteiger partial charge in [-0.25, -0.2) is 8.42 Å². The van der Waals surface area contributed by atoms with Gasteiger partial charge in [-0.2, -0.15) is 0 Å². The van der Waals surface area contributed by atoms with Crippen molar-refractivity contribution in [1.82, 2.24) is 5.32 Å². The van der Waals surface area contributed by atoms with Crippen LogP contribution in [-0.2, 0) is 9.84 Å². The number of hydrogen-bond acceptors (Lipinski definition) is 3. The lowest BCUT2D eigenvalue weighted by atomic mass is 9.82. The van der Waals surface area contributed by atoms with Crippen LogP contribution in [0.5, 0.6) is 0 Å². The molecule has 15 heavy (non-hydrogen) atoms. The molecule has 0 radical (unpaired) electrons. The zero-order valence-corrected chi connectivity index (χ0v) is 10.7. The number of unbranched alkanes of at least 4 members (excludes halogenated alkanes) is 2. The molecule has 0 aromatic heterocycles. The second-order valence-corrected chi connectivity index (χ2v) is 7.01. The van der Waals surface area contributed by atoms with Crippen LogP contribution in [0, 0.1) is 5.41 Å². The predicted molar refractivity (Wildman–Crippen MR) is 63.8 cm³/mol. The minimum atomic E-state index is -2.75. The summed E-state index contributed by atoms with van der Waals surface area (Å²) in [5.41, 5.74) is 0.0305. The van der Waals surface area contributed by atoms with Crippen LogP contribution in [0.15, 0.2) is 0 Å². The molecule has 1 fully saturated rings. The van der Waals surface area contributed by atoms with E-state index in [2.05, 4.69) is 12.2 Å². The van der Waals surface area contributed by atoms with Crippen LogP contribution in [-0.4, -0.2) is 33.5 Å².